The van der Waals surface area contributed by atoms with Gasteiger partial charge in [0, 0.05) is 19.8 Å². The van der Waals surface area contributed by atoms with Gasteiger partial charge in [-0.05, 0) is 35.7 Å². The van der Waals surface area contributed by atoms with Crippen molar-refractivity contribution in [3.8, 4) is 0 Å². The van der Waals surface area contributed by atoms with Crippen molar-refractivity contribution in [2.75, 3.05) is 30.3 Å². The first-order valence-corrected chi connectivity index (χ1v) is 9.76. The van der Waals surface area contributed by atoms with Crippen LogP contribution in [0, 0.1) is 0 Å². The molecule has 2 rings (SSSR count). The van der Waals surface area contributed by atoms with Crippen molar-refractivity contribution in [1.82, 2.24) is 4.31 Å². The van der Waals surface area contributed by atoms with E-state index < -0.39 is 16.1 Å². The Balaban J connectivity index is 2.19. The van der Waals surface area contributed by atoms with Crippen molar-refractivity contribution in [2.24, 2.45) is 0 Å². The van der Waals surface area contributed by atoms with E-state index in [1.807, 2.05) is 24.3 Å². The molecule has 0 saturated carbocycles. The van der Waals surface area contributed by atoms with Crippen LogP contribution in [0.25, 0.3) is 0 Å². The zero-order valence-corrected chi connectivity index (χ0v) is 16.3. The van der Waals surface area contributed by atoms with Crippen LogP contribution < -0.4 is 9.62 Å². The number of rotatable bonds is 7. The van der Waals surface area contributed by atoms with Crippen molar-refractivity contribution in [2.45, 2.75) is 19.8 Å². The largest absolute Gasteiger partial charge is 0.325 e. The summed E-state index contributed by atoms with van der Waals surface area (Å²) >= 11 is 0. The fraction of sp³-hybridized carbons (Fsp3) is 0.316. The topological polar surface area (TPSA) is 69.7 Å². The van der Waals surface area contributed by atoms with Crippen molar-refractivity contribution in [3.63, 3.8) is 0 Å². The summed E-state index contributed by atoms with van der Waals surface area (Å²) in [5.41, 5.74) is 2.24. The molecule has 6 nitrogen and oxygen atoms in total. The third-order valence-corrected chi connectivity index (χ3v) is 5.75. The van der Waals surface area contributed by atoms with Gasteiger partial charge in [-0.25, -0.2) is 4.31 Å². The molecular weight excluding hydrogens is 350 g/mol. The minimum Gasteiger partial charge on any atom is -0.325 e. The summed E-state index contributed by atoms with van der Waals surface area (Å²) < 4.78 is 27.4. The first-order chi connectivity index (χ1) is 12.2. The Morgan fingerprint density at radius 2 is 1.58 bits per heavy atom. The lowest BCUT2D eigenvalue weighted by Gasteiger charge is -2.26. The molecule has 0 aliphatic rings. The standard InChI is InChI=1S/C19H25N3O3S/c1-15(2)16-10-12-17(13-11-16)20-19(23)14-22(26(24,25)21(3)4)18-8-6-5-7-9-18/h5-13,15H,14H2,1-4H3,(H,20,23). The fourth-order valence-electron chi connectivity index (χ4n) is 2.38. The Hall–Kier alpha value is -2.38. The Labute approximate surface area is 155 Å². The monoisotopic (exact) mass is 375 g/mol. The van der Waals surface area contributed by atoms with Crippen molar-refractivity contribution in [3.05, 3.63) is 60.2 Å². The molecule has 0 radical (unpaired) electrons. The molecule has 2 aromatic rings. The predicted octanol–water partition coefficient (Wildman–Crippen LogP) is 3.06. The molecule has 1 amide bonds. The molecule has 0 unspecified atom stereocenters. The Kier molecular flexibility index (Phi) is 6.39. The average molecular weight is 375 g/mol. The predicted molar refractivity (Wildman–Crippen MR) is 106 cm³/mol. The van der Waals surface area contributed by atoms with Gasteiger partial charge in [-0.3, -0.25) is 4.79 Å². The van der Waals surface area contributed by atoms with Crippen LogP contribution in [0.4, 0.5) is 11.4 Å². The SMILES string of the molecule is CC(C)c1ccc(NC(=O)CN(c2ccccc2)S(=O)(=O)N(C)C)cc1. The molecule has 0 aromatic heterocycles. The van der Waals surface area contributed by atoms with Gasteiger partial charge in [0.2, 0.25) is 5.91 Å². The average Bonchev–Trinajstić information content (AvgIpc) is 2.60. The van der Waals surface area contributed by atoms with Crippen LogP contribution >= 0.6 is 0 Å². The van der Waals surface area contributed by atoms with Crippen molar-refractivity contribution >= 4 is 27.5 Å². The van der Waals surface area contributed by atoms with Crippen LogP contribution in [0.2, 0.25) is 0 Å². The molecule has 26 heavy (non-hydrogen) atoms. The van der Waals surface area contributed by atoms with Gasteiger partial charge >= 0.3 is 10.2 Å². The van der Waals surface area contributed by atoms with E-state index in [0.29, 0.717) is 17.3 Å². The number of hydrogen-bond acceptors (Lipinski definition) is 3. The number of carbonyl (C=O) groups excluding carboxylic acids is 1. The number of amides is 1. The van der Waals surface area contributed by atoms with E-state index in [1.54, 1.807) is 30.3 Å². The summed E-state index contributed by atoms with van der Waals surface area (Å²) in [6.45, 7) is 3.88. The first kappa shape index (κ1) is 19.9. The molecule has 0 fully saturated rings. The molecule has 7 heteroatoms. The molecule has 0 heterocycles. The van der Waals surface area contributed by atoms with Crippen molar-refractivity contribution < 1.29 is 13.2 Å². The molecule has 0 spiro atoms. The van der Waals surface area contributed by atoms with Gasteiger partial charge in [0.25, 0.3) is 0 Å². The lowest BCUT2D eigenvalue weighted by molar-refractivity contribution is -0.114. The van der Waals surface area contributed by atoms with E-state index in [4.69, 9.17) is 0 Å². The van der Waals surface area contributed by atoms with E-state index >= 15 is 0 Å². The summed E-state index contributed by atoms with van der Waals surface area (Å²) in [6.07, 6.45) is 0. The molecule has 0 saturated heterocycles. The van der Waals surface area contributed by atoms with Gasteiger partial charge in [-0.2, -0.15) is 12.7 Å². The summed E-state index contributed by atoms with van der Waals surface area (Å²) in [6, 6.07) is 16.1. The molecule has 0 bridgehead atoms. The molecule has 0 aliphatic carbocycles. The van der Waals surface area contributed by atoms with Crippen LogP contribution in [-0.4, -0.2) is 39.3 Å². The summed E-state index contributed by atoms with van der Waals surface area (Å²) in [7, 11) is -0.915. The Bertz CT molecular complexity index is 832. The van der Waals surface area contributed by atoms with E-state index in [-0.39, 0.29) is 6.54 Å². The molecular formula is C19H25N3O3S. The number of para-hydroxylation sites is 1. The number of nitrogens with one attached hydrogen (secondary N) is 1. The molecule has 1 N–H and O–H groups in total. The van der Waals surface area contributed by atoms with E-state index in [1.165, 1.54) is 19.7 Å². The molecule has 0 aliphatic heterocycles. The summed E-state index contributed by atoms with van der Waals surface area (Å²) in [4.78, 5) is 12.4. The van der Waals surface area contributed by atoms with Gasteiger partial charge in [-0.1, -0.05) is 44.2 Å². The maximum absolute atomic E-state index is 12.6. The van der Waals surface area contributed by atoms with Gasteiger partial charge < -0.3 is 5.32 Å². The number of anilines is 2. The highest BCUT2D eigenvalue weighted by atomic mass is 32.2. The van der Waals surface area contributed by atoms with Crippen LogP contribution in [0.5, 0.6) is 0 Å². The second kappa shape index (κ2) is 8.33. The highest BCUT2D eigenvalue weighted by molar-refractivity contribution is 7.90. The number of benzene rings is 2. The van der Waals surface area contributed by atoms with Crippen LogP contribution in [0.1, 0.15) is 25.3 Å². The lowest BCUT2D eigenvalue weighted by Crippen LogP contribution is -2.44. The number of carbonyl (C=O) groups is 1. The van der Waals surface area contributed by atoms with Crippen LogP contribution in [0.15, 0.2) is 54.6 Å². The fourth-order valence-corrected chi connectivity index (χ4v) is 3.44. The van der Waals surface area contributed by atoms with E-state index in [9.17, 15) is 13.2 Å². The minimum atomic E-state index is -3.79. The lowest BCUT2D eigenvalue weighted by atomic mass is 10.0. The highest BCUT2D eigenvalue weighted by Crippen LogP contribution is 2.20. The van der Waals surface area contributed by atoms with Crippen LogP contribution in [-0.2, 0) is 15.0 Å². The summed E-state index contributed by atoms with van der Waals surface area (Å²) in [5.74, 6) is -0.00451. The first-order valence-electron chi connectivity index (χ1n) is 8.37. The van der Waals surface area contributed by atoms with E-state index in [0.717, 1.165) is 8.61 Å². The second-order valence-corrected chi connectivity index (χ2v) is 8.52. The maximum Gasteiger partial charge on any atom is 0.304 e. The Morgan fingerprint density at radius 1 is 1.00 bits per heavy atom. The molecule has 0 atom stereocenters. The van der Waals surface area contributed by atoms with Gasteiger partial charge in [0.15, 0.2) is 0 Å². The normalized spacial score (nSPS) is 11.6. The Morgan fingerprint density at radius 3 is 2.08 bits per heavy atom. The zero-order valence-electron chi connectivity index (χ0n) is 15.5. The quantitative estimate of drug-likeness (QED) is 0.809. The van der Waals surface area contributed by atoms with Gasteiger partial charge in [0.1, 0.15) is 6.54 Å². The molecule has 2 aromatic carbocycles. The maximum atomic E-state index is 12.6. The zero-order chi connectivity index (χ0) is 19.3. The number of nitrogens with zero attached hydrogens (tertiary/aromatic N) is 2. The van der Waals surface area contributed by atoms with E-state index in [2.05, 4.69) is 19.2 Å². The van der Waals surface area contributed by atoms with Gasteiger partial charge in [-0.15, -0.1) is 0 Å². The minimum absolute atomic E-state index is 0.309. The van der Waals surface area contributed by atoms with Crippen molar-refractivity contribution in [1.29, 1.82) is 0 Å². The van der Waals surface area contributed by atoms with Crippen LogP contribution in [0.3, 0.4) is 0 Å². The third kappa shape index (κ3) is 4.83. The third-order valence-electron chi connectivity index (χ3n) is 3.93. The molecule has 140 valence electrons. The second-order valence-electron chi connectivity index (χ2n) is 6.46. The number of hydrogen-bond donors (Lipinski definition) is 1. The smallest absolute Gasteiger partial charge is 0.304 e. The van der Waals surface area contributed by atoms with Gasteiger partial charge in [0.05, 0.1) is 5.69 Å². The highest BCUT2D eigenvalue weighted by Gasteiger charge is 2.27. The summed E-state index contributed by atoms with van der Waals surface area (Å²) in [5, 5.41) is 2.76.